The van der Waals surface area contributed by atoms with Gasteiger partial charge in [0.15, 0.2) is 0 Å². The second-order valence-corrected chi connectivity index (χ2v) is 8.78. The summed E-state index contributed by atoms with van der Waals surface area (Å²) in [5, 5.41) is 17.4. The number of imidazole rings is 1. The number of nitrogens with zero attached hydrogens (tertiary/aromatic N) is 1. The minimum atomic E-state index is -1.22. The van der Waals surface area contributed by atoms with Gasteiger partial charge < -0.3 is 35.8 Å². The number of aromatic amines is 2. The van der Waals surface area contributed by atoms with Crippen LogP contribution in [0.4, 0.5) is 4.79 Å². The highest BCUT2D eigenvalue weighted by Crippen LogP contribution is 2.19. The van der Waals surface area contributed by atoms with Crippen LogP contribution in [0.25, 0.3) is 10.9 Å². The molecule has 0 saturated carbocycles. The summed E-state index contributed by atoms with van der Waals surface area (Å²) in [7, 11) is 0. The van der Waals surface area contributed by atoms with Gasteiger partial charge in [0.1, 0.15) is 25.2 Å². The van der Waals surface area contributed by atoms with Crippen LogP contribution in [-0.2, 0) is 38.6 Å². The summed E-state index contributed by atoms with van der Waals surface area (Å²) in [6.07, 6.45) is 3.99. The highest BCUT2D eigenvalue weighted by atomic mass is 16.5. The smallest absolute Gasteiger partial charge is 0.408 e. The van der Waals surface area contributed by atoms with Crippen LogP contribution < -0.4 is 16.0 Å². The summed E-state index contributed by atoms with van der Waals surface area (Å²) in [5.41, 5.74) is 2.95. The molecule has 2 heterocycles. The monoisotopic (exact) mass is 532 g/mol. The first-order chi connectivity index (χ1) is 18.9. The number of carbonyl (C=O) groups excluding carboxylic acids is 3. The normalized spacial score (nSPS) is 12.3. The molecule has 12 nitrogen and oxygen atoms in total. The summed E-state index contributed by atoms with van der Waals surface area (Å²) < 4.78 is 5.27. The zero-order valence-corrected chi connectivity index (χ0v) is 20.8. The molecular formula is C27H28N6O6. The fourth-order valence-electron chi connectivity index (χ4n) is 4.02. The van der Waals surface area contributed by atoms with E-state index in [1.165, 1.54) is 12.5 Å². The molecule has 3 amide bonds. The molecule has 202 valence electrons. The molecule has 2 aromatic carbocycles. The summed E-state index contributed by atoms with van der Waals surface area (Å²) in [4.78, 5) is 59.9. The van der Waals surface area contributed by atoms with Gasteiger partial charge >= 0.3 is 12.1 Å². The van der Waals surface area contributed by atoms with Gasteiger partial charge in [-0.2, -0.15) is 0 Å². The number of carbonyl (C=O) groups is 4. The molecule has 2 aromatic heterocycles. The van der Waals surface area contributed by atoms with Crippen molar-refractivity contribution in [2.45, 2.75) is 31.5 Å². The summed E-state index contributed by atoms with van der Waals surface area (Å²) in [6.45, 7) is -0.605. The van der Waals surface area contributed by atoms with Gasteiger partial charge in [0, 0.05) is 41.8 Å². The number of fused-ring (bicyclic) bond motifs is 1. The number of carboxylic acid groups (broad SMARTS) is 1. The zero-order valence-electron chi connectivity index (χ0n) is 20.8. The van der Waals surface area contributed by atoms with Crippen molar-refractivity contribution < 1.29 is 29.0 Å². The Hall–Kier alpha value is -5.13. The number of rotatable bonds is 12. The Morgan fingerprint density at radius 3 is 2.38 bits per heavy atom. The van der Waals surface area contributed by atoms with Crippen LogP contribution in [0.1, 0.15) is 16.8 Å². The predicted molar refractivity (Wildman–Crippen MR) is 140 cm³/mol. The molecule has 4 aromatic rings. The first-order valence-electron chi connectivity index (χ1n) is 12.2. The molecule has 39 heavy (non-hydrogen) atoms. The van der Waals surface area contributed by atoms with Crippen LogP contribution in [0, 0.1) is 0 Å². The van der Waals surface area contributed by atoms with Gasteiger partial charge in [0.25, 0.3) is 0 Å². The number of H-pyrrole nitrogens is 2. The lowest BCUT2D eigenvalue weighted by Gasteiger charge is -2.22. The van der Waals surface area contributed by atoms with E-state index in [0.717, 1.165) is 22.0 Å². The highest BCUT2D eigenvalue weighted by molar-refractivity contribution is 5.93. The molecule has 0 radical (unpaired) electrons. The van der Waals surface area contributed by atoms with E-state index in [0.29, 0.717) is 5.69 Å². The fourth-order valence-corrected chi connectivity index (χ4v) is 4.02. The van der Waals surface area contributed by atoms with Gasteiger partial charge in [0.2, 0.25) is 11.8 Å². The number of aliphatic carboxylic acids is 1. The number of benzene rings is 2. The lowest BCUT2D eigenvalue weighted by atomic mass is 10.0. The van der Waals surface area contributed by atoms with Gasteiger partial charge in [-0.1, -0.05) is 48.5 Å². The number of hydrogen-bond donors (Lipinski definition) is 6. The Morgan fingerprint density at radius 1 is 0.897 bits per heavy atom. The molecule has 0 spiro atoms. The Bertz CT molecular complexity index is 1420. The molecule has 2 unspecified atom stereocenters. The van der Waals surface area contributed by atoms with E-state index in [2.05, 4.69) is 30.9 Å². The van der Waals surface area contributed by atoms with Crippen molar-refractivity contribution in [3.8, 4) is 0 Å². The predicted octanol–water partition coefficient (Wildman–Crippen LogP) is 1.66. The molecule has 6 N–H and O–H groups in total. The third kappa shape index (κ3) is 7.68. The van der Waals surface area contributed by atoms with Crippen molar-refractivity contribution in [2.75, 3.05) is 6.54 Å². The molecule has 4 rings (SSSR count). The van der Waals surface area contributed by atoms with Crippen LogP contribution in [0.2, 0.25) is 0 Å². The Morgan fingerprint density at radius 2 is 1.64 bits per heavy atom. The van der Waals surface area contributed by atoms with Crippen molar-refractivity contribution >= 4 is 34.8 Å². The van der Waals surface area contributed by atoms with Crippen molar-refractivity contribution in [1.29, 1.82) is 0 Å². The summed E-state index contributed by atoms with van der Waals surface area (Å²) in [5.74, 6) is -2.56. The average molecular weight is 533 g/mol. The Balaban J connectivity index is 1.49. The number of aromatic nitrogens is 3. The van der Waals surface area contributed by atoms with Crippen molar-refractivity contribution in [3.63, 3.8) is 0 Å². The van der Waals surface area contributed by atoms with Crippen LogP contribution >= 0.6 is 0 Å². The van der Waals surface area contributed by atoms with Gasteiger partial charge in [-0.15, -0.1) is 0 Å². The second-order valence-electron chi connectivity index (χ2n) is 8.78. The second kappa shape index (κ2) is 12.9. The van der Waals surface area contributed by atoms with Gasteiger partial charge in [-0.3, -0.25) is 14.4 Å². The number of hydrogen-bond acceptors (Lipinski definition) is 6. The first-order valence-corrected chi connectivity index (χ1v) is 12.2. The van der Waals surface area contributed by atoms with Crippen LogP contribution in [0.5, 0.6) is 0 Å². The number of ether oxygens (including phenoxy) is 1. The fraction of sp³-hybridized carbons (Fsp3) is 0.222. The van der Waals surface area contributed by atoms with E-state index in [9.17, 15) is 19.2 Å². The van der Waals surface area contributed by atoms with Gasteiger partial charge in [-0.05, 0) is 17.2 Å². The largest absolute Gasteiger partial charge is 0.480 e. The maximum absolute atomic E-state index is 13.4. The molecule has 12 heteroatoms. The molecule has 0 aliphatic heterocycles. The Labute approximate surface area is 223 Å². The van der Waals surface area contributed by atoms with E-state index in [-0.39, 0.29) is 19.4 Å². The van der Waals surface area contributed by atoms with Crippen molar-refractivity contribution in [1.82, 2.24) is 30.9 Å². The van der Waals surface area contributed by atoms with E-state index in [4.69, 9.17) is 9.84 Å². The maximum Gasteiger partial charge on any atom is 0.408 e. The van der Waals surface area contributed by atoms with Crippen molar-refractivity contribution in [3.05, 3.63) is 90.1 Å². The summed E-state index contributed by atoms with van der Waals surface area (Å²) in [6, 6.07) is 14.3. The minimum Gasteiger partial charge on any atom is -0.480 e. The molecule has 0 aliphatic carbocycles. The third-order valence-corrected chi connectivity index (χ3v) is 5.95. The molecular weight excluding hydrogens is 504 g/mol. The Kier molecular flexibility index (Phi) is 8.91. The SMILES string of the molecule is O=C(O)CNC(=O)C(Cc1c[nH]c2ccccc12)NC(=O)C(Cc1cnc[nH]1)NC(=O)OCc1ccccc1. The number of carboxylic acids is 1. The minimum absolute atomic E-state index is 0.00581. The summed E-state index contributed by atoms with van der Waals surface area (Å²) >= 11 is 0. The van der Waals surface area contributed by atoms with E-state index >= 15 is 0 Å². The van der Waals surface area contributed by atoms with Crippen LogP contribution in [0.3, 0.4) is 0 Å². The molecule has 0 saturated heterocycles. The first kappa shape index (κ1) is 26.9. The van der Waals surface area contributed by atoms with Gasteiger partial charge in [-0.25, -0.2) is 9.78 Å². The van der Waals surface area contributed by atoms with E-state index in [1.807, 2.05) is 42.5 Å². The van der Waals surface area contributed by atoms with Crippen molar-refractivity contribution in [2.24, 2.45) is 0 Å². The van der Waals surface area contributed by atoms with Crippen LogP contribution in [-0.4, -0.2) is 62.6 Å². The third-order valence-electron chi connectivity index (χ3n) is 5.95. The number of para-hydroxylation sites is 1. The lowest BCUT2D eigenvalue weighted by Crippen LogP contribution is -2.55. The lowest BCUT2D eigenvalue weighted by molar-refractivity contribution is -0.138. The maximum atomic E-state index is 13.4. The van der Waals surface area contributed by atoms with Gasteiger partial charge in [0.05, 0.1) is 6.33 Å². The number of alkyl carbamates (subject to hydrolysis) is 1. The number of amides is 3. The molecule has 2 atom stereocenters. The highest BCUT2D eigenvalue weighted by Gasteiger charge is 2.29. The van der Waals surface area contributed by atoms with Crippen LogP contribution in [0.15, 0.2) is 73.3 Å². The van der Waals surface area contributed by atoms with E-state index < -0.39 is 42.5 Å². The van der Waals surface area contributed by atoms with E-state index in [1.54, 1.807) is 18.3 Å². The molecule has 0 fully saturated rings. The standard InChI is InChI=1S/C27H28N6O6/c34-24(35)14-30-25(36)22(10-18-12-29-21-9-5-4-8-20(18)21)32-26(37)23(11-19-13-28-16-31-19)33-27(38)39-15-17-6-2-1-3-7-17/h1-9,12-13,16,22-23,29H,10-11,14-15H2,(H,28,31)(H,30,36)(H,32,37)(H,33,38)(H,34,35). The topological polar surface area (TPSA) is 178 Å². The quantitative estimate of drug-likeness (QED) is 0.161. The molecule has 0 bridgehead atoms. The number of nitrogens with one attached hydrogen (secondary N) is 5. The zero-order chi connectivity index (χ0) is 27.6. The average Bonchev–Trinajstić information content (AvgIpc) is 3.60. The molecule has 0 aliphatic rings.